The molecule has 0 amide bonds. The Morgan fingerprint density at radius 3 is 2.62 bits per heavy atom. The van der Waals surface area contributed by atoms with E-state index in [1.165, 1.54) is 71.1 Å². The van der Waals surface area contributed by atoms with Crippen LogP contribution in [0.1, 0.15) is 60.7 Å². The molecule has 1 aromatic carbocycles. The molecule has 0 aliphatic heterocycles. The van der Waals surface area contributed by atoms with E-state index in [1.807, 2.05) is 11.3 Å². The van der Waals surface area contributed by atoms with Gasteiger partial charge in [-0.3, -0.25) is 0 Å². The van der Waals surface area contributed by atoms with Crippen LogP contribution in [0.5, 0.6) is 0 Å². The van der Waals surface area contributed by atoms with Crippen molar-refractivity contribution >= 4 is 34.0 Å². The number of nitrogens with zero attached hydrogens (tertiary/aromatic N) is 1. The van der Waals surface area contributed by atoms with Gasteiger partial charge < -0.3 is 0 Å². The Kier molecular flexibility index (Phi) is 4.83. The molecule has 0 spiro atoms. The quantitative estimate of drug-likeness (QED) is 0.443. The van der Waals surface area contributed by atoms with Gasteiger partial charge in [0.2, 0.25) is 0 Å². The molecule has 2 atom stereocenters. The lowest BCUT2D eigenvalue weighted by Crippen LogP contribution is -2.12. The third-order valence-corrected chi connectivity index (χ3v) is 7.32. The fourth-order valence-electron chi connectivity index (χ4n) is 4.83. The summed E-state index contributed by atoms with van der Waals surface area (Å²) in [5, 5.41) is 1.49. The second-order valence-corrected chi connectivity index (χ2v) is 9.13. The summed E-state index contributed by atoms with van der Waals surface area (Å²) in [7, 11) is 0. The van der Waals surface area contributed by atoms with Crippen molar-refractivity contribution in [3.05, 3.63) is 52.0 Å². The maximum absolute atomic E-state index is 5.23. The summed E-state index contributed by atoms with van der Waals surface area (Å²) in [5.74, 6) is 1.41. The van der Waals surface area contributed by atoms with Gasteiger partial charge in [0.05, 0.1) is 0 Å². The van der Waals surface area contributed by atoms with E-state index in [9.17, 15) is 0 Å². The lowest BCUT2D eigenvalue weighted by atomic mass is 9.81. The van der Waals surface area contributed by atoms with Crippen molar-refractivity contribution in [1.29, 1.82) is 0 Å². The van der Waals surface area contributed by atoms with Crippen LogP contribution in [0.2, 0.25) is 0 Å². The third kappa shape index (κ3) is 2.78. The van der Waals surface area contributed by atoms with Crippen molar-refractivity contribution in [1.82, 2.24) is 4.98 Å². The van der Waals surface area contributed by atoms with Gasteiger partial charge in [0.15, 0.2) is 0 Å². The van der Waals surface area contributed by atoms with Crippen LogP contribution in [0.3, 0.4) is 0 Å². The molecule has 1 nitrogen and oxygen atoms in total. The van der Waals surface area contributed by atoms with Gasteiger partial charge in [0.25, 0.3) is 0 Å². The second kappa shape index (κ2) is 6.98. The average Bonchev–Trinajstić information content (AvgIpc) is 2.98. The van der Waals surface area contributed by atoms with E-state index in [2.05, 4.69) is 44.2 Å². The Bertz CT molecular complexity index is 944. The summed E-state index contributed by atoms with van der Waals surface area (Å²) in [6.07, 6.45) is 7.55. The summed E-state index contributed by atoms with van der Waals surface area (Å²) in [6, 6.07) is 11.1. The number of fused-ring (bicyclic) bond motifs is 4. The predicted octanol–water partition coefficient (Wildman–Crippen LogP) is 6.95. The average molecular weight is 384 g/mol. The van der Waals surface area contributed by atoms with E-state index in [0.717, 1.165) is 5.92 Å². The summed E-state index contributed by atoms with van der Waals surface area (Å²) in [4.78, 5) is 8.13. The van der Waals surface area contributed by atoms with E-state index in [-0.39, 0.29) is 12.4 Å². The Balaban J connectivity index is 0.00000168. The molecule has 0 N–H and O–H groups in total. The maximum atomic E-state index is 5.23. The van der Waals surface area contributed by atoms with E-state index in [4.69, 9.17) is 4.98 Å². The van der Waals surface area contributed by atoms with E-state index < -0.39 is 0 Å². The minimum atomic E-state index is 0. The zero-order valence-electron chi connectivity index (χ0n) is 15.5. The van der Waals surface area contributed by atoms with Gasteiger partial charge in [0.1, 0.15) is 4.83 Å². The van der Waals surface area contributed by atoms with Gasteiger partial charge in [-0.1, -0.05) is 44.2 Å². The first-order valence-corrected chi connectivity index (χ1v) is 10.6. The van der Waals surface area contributed by atoms with Gasteiger partial charge in [-0.15, -0.1) is 23.7 Å². The molecular weight excluding hydrogens is 358 g/mol. The molecule has 0 bridgehead atoms. The van der Waals surface area contributed by atoms with Gasteiger partial charge in [-0.25, -0.2) is 4.98 Å². The monoisotopic (exact) mass is 383 g/mol. The molecule has 5 rings (SSSR count). The van der Waals surface area contributed by atoms with Crippen molar-refractivity contribution in [2.24, 2.45) is 5.92 Å². The van der Waals surface area contributed by atoms with Crippen molar-refractivity contribution in [2.45, 2.75) is 58.3 Å². The maximum Gasteiger partial charge on any atom is 0.124 e. The third-order valence-electron chi connectivity index (χ3n) is 6.17. The number of hydrogen-bond acceptors (Lipinski definition) is 2. The van der Waals surface area contributed by atoms with Crippen LogP contribution in [-0.4, -0.2) is 4.98 Å². The fraction of sp³-hybridized carbons (Fsp3) is 0.435. The molecule has 3 aromatic rings. The number of rotatable bonds is 1. The van der Waals surface area contributed by atoms with E-state index >= 15 is 0 Å². The molecule has 2 unspecified atom stereocenters. The second-order valence-electron chi connectivity index (χ2n) is 8.04. The molecule has 2 aliphatic rings. The number of benzene rings is 1. The Morgan fingerprint density at radius 1 is 1.00 bits per heavy atom. The minimum Gasteiger partial charge on any atom is -0.241 e. The highest BCUT2D eigenvalue weighted by Gasteiger charge is 2.28. The predicted molar refractivity (Wildman–Crippen MR) is 115 cm³/mol. The zero-order valence-corrected chi connectivity index (χ0v) is 17.2. The van der Waals surface area contributed by atoms with Crippen LogP contribution < -0.4 is 0 Å². The number of halogens is 1. The molecule has 0 saturated heterocycles. The molecule has 0 saturated carbocycles. The van der Waals surface area contributed by atoms with Crippen LogP contribution in [-0.2, 0) is 19.3 Å². The van der Waals surface area contributed by atoms with Crippen molar-refractivity contribution < 1.29 is 0 Å². The Hall–Kier alpha value is -1.38. The summed E-state index contributed by atoms with van der Waals surface area (Å²) in [5.41, 5.74) is 7.44. The van der Waals surface area contributed by atoms with E-state index in [1.54, 1.807) is 10.4 Å². The Labute approximate surface area is 166 Å². The Morgan fingerprint density at radius 2 is 1.81 bits per heavy atom. The number of hydrogen-bond donors (Lipinski definition) is 0. The summed E-state index contributed by atoms with van der Waals surface area (Å²) >= 11 is 1.98. The summed E-state index contributed by atoms with van der Waals surface area (Å²) in [6.45, 7) is 4.76. The highest BCUT2D eigenvalue weighted by Crippen LogP contribution is 2.46. The molecule has 0 radical (unpaired) electrons. The van der Waals surface area contributed by atoms with E-state index in [0.29, 0.717) is 5.92 Å². The minimum absolute atomic E-state index is 0. The number of aromatic nitrogens is 1. The first-order valence-electron chi connectivity index (χ1n) is 9.74. The SMILES string of the molecule is CC1CCc2c(sc3nc4c(c(-c5ccccc5)c23)CCCC4C)C1.Cl. The standard InChI is InChI=1S/C23H25NS.ClH/c1-14-11-12-17-19(13-14)25-23-21(17)20(16-8-4-3-5-9-16)18-10-6-7-15(2)22(18)24-23;/h3-5,8-9,14-15H,6-7,10-13H2,1-2H3;1H. The van der Waals surface area contributed by atoms with Crippen LogP contribution in [0.15, 0.2) is 30.3 Å². The lowest BCUT2D eigenvalue weighted by Gasteiger charge is -2.25. The van der Waals surface area contributed by atoms with Crippen LogP contribution >= 0.6 is 23.7 Å². The molecule has 2 heterocycles. The number of thiophene rings is 1. The van der Waals surface area contributed by atoms with Crippen molar-refractivity contribution in [2.75, 3.05) is 0 Å². The molecular formula is C23H26ClNS. The van der Waals surface area contributed by atoms with Crippen LogP contribution in [0.25, 0.3) is 21.3 Å². The smallest absolute Gasteiger partial charge is 0.124 e. The number of pyridine rings is 1. The van der Waals surface area contributed by atoms with Crippen LogP contribution in [0, 0.1) is 5.92 Å². The van der Waals surface area contributed by atoms with Gasteiger partial charge in [-0.2, -0.15) is 0 Å². The first-order chi connectivity index (χ1) is 12.2. The topological polar surface area (TPSA) is 12.9 Å². The van der Waals surface area contributed by atoms with Crippen molar-refractivity contribution in [3.63, 3.8) is 0 Å². The van der Waals surface area contributed by atoms with Gasteiger partial charge in [0, 0.05) is 16.0 Å². The zero-order chi connectivity index (χ0) is 17.0. The summed E-state index contributed by atoms with van der Waals surface area (Å²) < 4.78 is 0. The molecule has 3 heteroatoms. The van der Waals surface area contributed by atoms with Gasteiger partial charge >= 0.3 is 0 Å². The largest absolute Gasteiger partial charge is 0.241 e. The molecule has 0 fully saturated rings. The molecule has 26 heavy (non-hydrogen) atoms. The normalized spacial score (nSPS) is 21.8. The highest BCUT2D eigenvalue weighted by molar-refractivity contribution is 7.19. The van der Waals surface area contributed by atoms with Crippen LogP contribution in [0.4, 0.5) is 0 Å². The fourth-order valence-corrected chi connectivity index (χ4v) is 6.23. The lowest BCUT2D eigenvalue weighted by molar-refractivity contribution is 0.509. The molecule has 136 valence electrons. The van der Waals surface area contributed by atoms with Gasteiger partial charge in [-0.05, 0) is 72.6 Å². The molecule has 2 aliphatic carbocycles. The number of aryl methyl sites for hydroxylation is 1. The van der Waals surface area contributed by atoms with Crippen molar-refractivity contribution in [3.8, 4) is 11.1 Å². The molecule has 2 aromatic heterocycles. The highest BCUT2D eigenvalue weighted by atomic mass is 35.5. The first kappa shape index (κ1) is 18.0.